The molecule has 2 aromatic rings. The summed E-state index contributed by atoms with van der Waals surface area (Å²) in [6.45, 7) is -2.98. The average Bonchev–Trinajstić information content (AvgIpc) is 2.49. The molecule has 0 aliphatic carbocycles. The summed E-state index contributed by atoms with van der Waals surface area (Å²) in [5.74, 6) is -0.618. The standard InChI is InChI=1S/C16H10Cl3F2NO2/c17-10-3-1-9(12(18)7-10)2-6-15(23)22-11-4-5-14(13(19)8-11)24-16(20)21/h1-8,16H,(H,22,23)/b6-2+. The first kappa shape index (κ1) is 18.5. The van der Waals surface area contributed by atoms with Crippen LogP contribution in [0.15, 0.2) is 42.5 Å². The highest BCUT2D eigenvalue weighted by Crippen LogP contribution is 2.29. The second kappa shape index (κ2) is 8.33. The lowest BCUT2D eigenvalue weighted by Crippen LogP contribution is -2.08. The number of carbonyl (C=O) groups excluding carboxylic acids is 1. The van der Waals surface area contributed by atoms with Gasteiger partial charge in [-0.05, 0) is 42.0 Å². The van der Waals surface area contributed by atoms with Crippen LogP contribution in [0.5, 0.6) is 5.75 Å². The molecule has 8 heteroatoms. The van der Waals surface area contributed by atoms with E-state index < -0.39 is 12.5 Å². The van der Waals surface area contributed by atoms with E-state index in [2.05, 4.69) is 10.1 Å². The average molecular weight is 393 g/mol. The third-order valence-electron chi connectivity index (χ3n) is 2.79. The largest absolute Gasteiger partial charge is 0.433 e. The molecule has 3 nitrogen and oxygen atoms in total. The maximum atomic E-state index is 12.2. The molecular weight excluding hydrogens is 383 g/mol. The van der Waals surface area contributed by atoms with Crippen molar-refractivity contribution in [3.05, 3.63) is 63.1 Å². The summed E-state index contributed by atoms with van der Waals surface area (Å²) < 4.78 is 28.5. The molecule has 0 radical (unpaired) electrons. The molecule has 0 unspecified atom stereocenters. The number of anilines is 1. The van der Waals surface area contributed by atoms with E-state index in [0.29, 0.717) is 21.3 Å². The topological polar surface area (TPSA) is 38.3 Å². The molecule has 126 valence electrons. The van der Waals surface area contributed by atoms with Crippen molar-refractivity contribution in [2.24, 2.45) is 0 Å². The Morgan fingerprint density at radius 3 is 2.46 bits per heavy atom. The lowest BCUT2D eigenvalue weighted by molar-refractivity contribution is -0.111. The molecule has 0 saturated carbocycles. The van der Waals surface area contributed by atoms with Crippen LogP contribution >= 0.6 is 34.8 Å². The van der Waals surface area contributed by atoms with E-state index >= 15 is 0 Å². The number of halogens is 5. The van der Waals surface area contributed by atoms with Gasteiger partial charge in [-0.25, -0.2) is 0 Å². The Morgan fingerprint density at radius 2 is 1.83 bits per heavy atom. The Hall–Kier alpha value is -1.82. The SMILES string of the molecule is O=C(/C=C/c1ccc(Cl)cc1Cl)Nc1ccc(OC(F)F)c(Cl)c1. The summed E-state index contributed by atoms with van der Waals surface area (Å²) in [7, 11) is 0. The van der Waals surface area contributed by atoms with E-state index in [0.717, 1.165) is 0 Å². The second-order valence-electron chi connectivity index (χ2n) is 4.51. The summed E-state index contributed by atoms with van der Waals surface area (Å²) in [5, 5.41) is 3.39. The van der Waals surface area contributed by atoms with Gasteiger partial charge in [-0.2, -0.15) is 8.78 Å². The van der Waals surface area contributed by atoms with Gasteiger partial charge in [-0.15, -0.1) is 0 Å². The van der Waals surface area contributed by atoms with Crippen molar-refractivity contribution in [3.63, 3.8) is 0 Å². The monoisotopic (exact) mass is 391 g/mol. The first-order valence-electron chi connectivity index (χ1n) is 6.53. The quantitative estimate of drug-likeness (QED) is 0.643. The van der Waals surface area contributed by atoms with Crippen LogP contribution in [0.1, 0.15) is 5.56 Å². The molecule has 2 rings (SSSR count). The highest BCUT2D eigenvalue weighted by atomic mass is 35.5. The number of amides is 1. The summed E-state index contributed by atoms with van der Waals surface area (Å²) >= 11 is 17.6. The van der Waals surface area contributed by atoms with Gasteiger partial charge < -0.3 is 10.1 Å². The first-order valence-corrected chi connectivity index (χ1v) is 7.67. The maximum absolute atomic E-state index is 12.2. The molecular formula is C16H10Cl3F2NO2. The van der Waals surface area contributed by atoms with E-state index in [1.54, 1.807) is 18.2 Å². The van der Waals surface area contributed by atoms with Crippen molar-refractivity contribution >= 4 is 52.5 Å². The number of alkyl halides is 2. The van der Waals surface area contributed by atoms with E-state index in [-0.39, 0.29) is 10.8 Å². The maximum Gasteiger partial charge on any atom is 0.387 e. The van der Waals surface area contributed by atoms with Crippen LogP contribution in [0.3, 0.4) is 0 Å². The number of carbonyl (C=O) groups is 1. The third kappa shape index (κ3) is 5.37. The van der Waals surface area contributed by atoms with Crippen LogP contribution in [0, 0.1) is 0 Å². The Labute approximate surface area is 151 Å². The van der Waals surface area contributed by atoms with E-state index in [9.17, 15) is 13.6 Å². The zero-order valence-electron chi connectivity index (χ0n) is 11.9. The highest BCUT2D eigenvalue weighted by molar-refractivity contribution is 6.35. The first-order chi connectivity index (χ1) is 11.3. The molecule has 0 aromatic heterocycles. The predicted octanol–water partition coefficient (Wildman–Crippen LogP) is 5.90. The van der Waals surface area contributed by atoms with Crippen molar-refractivity contribution in [2.75, 3.05) is 5.32 Å². The zero-order valence-corrected chi connectivity index (χ0v) is 14.2. The van der Waals surface area contributed by atoms with Crippen molar-refractivity contribution in [2.45, 2.75) is 6.61 Å². The molecule has 0 atom stereocenters. The van der Waals surface area contributed by atoms with Crippen LogP contribution in [0.4, 0.5) is 14.5 Å². The minimum absolute atomic E-state index is 0.0437. The molecule has 0 fully saturated rings. The molecule has 0 heterocycles. The number of hydrogen-bond acceptors (Lipinski definition) is 2. The lowest BCUT2D eigenvalue weighted by Gasteiger charge is -2.08. The molecule has 1 N–H and O–H groups in total. The molecule has 0 aliphatic heterocycles. The Balaban J connectivity index is 2.04. The molecule has 1 amide bonds. The number of benzene rings is 2. The minimum Gasteiger partial charge on any atom is -0.433 e. The minimum atomic E-state index is -2.98. The fourth-order valence-electron chi connectivity index (χ4n) is 1.76. The molecule has 0 saturated heterocycles. The van der Waals surface area contributed by atoms with Gasteiger partial charge in [0, 0.05) is 21.8 Å². The van der Waals surface area contributed by atoms with Crippen molar-refractivity contribution in [1.82, 2.24) is 0 Å². The fraction of sp³-hybridized carbons (Fsp3) is 0.0625. The summed E-state index contributed by atoms with van der Waals surface area (Å²) in [4.78, 5) is 11.9. The van der Waals surface area contributed by atoms with Gasteiger partial charge in [0.25, 0.3) is 0 Å². The van der Waals surface area contributed by atoms with Crippen molar-refractivity contribution in [1.29, 1.82) is 0 Å². The van der Waals surface area contributed by atoms with Gasteiger partial charge in [0.1, 0.15) is 5.75 Å². The predicted molar refractivity (Wildman–Crippen MR) is 92.2 cm³/mol. The van der Waals surface area contributed by atoms with E-state index in [1.807, 2.05) is 0 Å². The van der Waals surface area contributed by atoms with Gasteiger partial charge >= 0.3 is 6.61 Å². The molecule has 0 bridgehead atoms. The second-order valence-corrected chi connectivity index (χ2v) is 5.76. The van der Waals surface area contributed by atoms with Gasteiger partial charge in [-0.1, -0.05) is 40.9 Å². The van der Waals surface area contributed by atoms with Crippen LogP contribution < -0.4 is 10.1 Å². The summed E-state index contributed by atoms with van der Waals surface area (Å²) in [6, 6.07) is 8.81. The van der Waals surface area contributed by atoms with Crippen molar-refractivity contribution < 1.29 is 18.3 Å². The highest BCUT2D eigenvalue weighted by Gasteiger charge is 2.09. The van der Waals surface area contributed by atoms with Crippen LogP contribution in [0.2, 0.25) is 15.1 Å². The Kier molecular flexibility index (Phi) is 6.43. The third-order valence-corrected chi connectivity index (χ3v) is 3.65. The van der Waals surface area contributed by atoms with Crippen LogP contribution in [0.25, 0.3) is 6.08 Å². The van der Waals surface area contributed by atoms with Crippen LogP contribution in [-0.4, -0.2) is 12.5 Å². The number of rotatable bonds is 5. The molecule has 0 spiro atoms. The van der Waals surface area contributed by atoms with Crippen molar-refractivity contribution in [3.8, 4) is 5.75 Å². The Morgan fingerprint density at radius 1 is 1.08 bits per heavy atom. The smallest absolute Gasteiger partial charge is 0.387 e. The van der Waals surface area contributed by atoms with Gasteiger partial charge in [0.2, 0.25) is 5.91 Å². The summed E-state index contributed by atoms with van der Waals surface area (Å²) in [6.07, 6.45) is 2.79. The van der Waals surface area contributed by atoms with Gasteiger partial charge in [0.15, 0.2) is 0 Å². The van der Waals surface area contributed by atoms with E-state index in [1.165, 1.54) is 30.4 Å². The summed E-state index contributed by atoms with van der Waals surface area (Å²) in [5.41, 5.74) is 0.952. The fourth-order valence-corrected chi connectivity index (χ4v) is 2.45. The lowest BCUT2D eigenvalue weighted by atomic mass is 10.2. The molecule has 24 heavy (non-hydrogen) atoms. The Bertz CT molecular complexity index is 782. The van der Waals surface area contributed by atoms with E-state index in [4.69, 9.17) is 34.8 Å². The normalized spacial score (nSPS) is 11.1. The van der Waals surface area contributed by atoms with Gasteiger partial charge in [-0.3, -0.25) is 4.79 Å². The number of nitrogens with one attached hydrogen (secondary N) is 1. The zero-order chi connectivity index (χ0) is 17.7. The van der Waals surface area contributed by atoms with Gasteiger partial charge in [0.05, 0.1) is 5.02 Å². The number of hydrogen-bond donors (Lipinski definition) is 1. The van der Waals surface area contributed by atoms with Crippen LogP contribution in [-0.2, 0) is 4.79 Å². The molecule has 2 aromatic carbocycles. The molecule has 0 aliphatic rings. The number of ether oxygens (including phenoxy) is 1.